The van der Waals surface area contributed by atoms with Crippen molar-refractivity contribution < 1.29 is 4.79 Å². The molecule has 0 heterocycles. The number of hydrogen-bond acceptors (Lipinski definition) is 1. The average Bonchev–Trinajstić information content (AvgIpc) is 2.56. The van der Waals surface area contributed by atoms with Crippen LogP contribution in [0.25, 0.3) is 0 Å². The van der Waals surface area contributed by atoms with Crippen LogP contribution in [0.15, 0.2) is 11.1 Å². The van der Waals surface area contributed by atoms with Gasteiger partial charge in [0.2, 0.25) is 0 Å². The van der Waals surface area contributed by atoms with E-state index >= 15 is 0 Å². The summed E-state index contributed by atoms with van der Waals surface area (Å²) in [4.78, 5) is 12.4. The molecule has 2 aliphatic carbocycles. The molecule has 0 aromatic carbocycles. The van der Waals surface area contributed by atoms with Gasteiger partial charge in [0.1, 0.15) is 0 Å². The standard InChI is InChI=1S/C15H24O/c1-3-7-13-11-9-5-6-10-12(11)14(8-4-2)15(13)16/h11,13H,3-10H2,1-2H3. The maximum Gasteiger partial charge on any atom is 0.162 e. The SMILES string of the molecule is CCCC1=C2CCCCC2C(CCC)C1=O. The third kappa shape index (κ3) is 1.97. The van der Waals surface area contributed by atoms with Crippen molar-refractivity contribution in [2.24, 2.45) is 11.8 Å². The zero-order chi connectivity index (χ0) is 11.5. The lowest BCUT2D eigenvalue weighted by molar-refractivity contribution is -0.119. The summed E-state index contributed by atoms with van der Waals surface area (Å²) < 4.78 is 0. The number of carbonyl (C=O) groups is 1. The molecule has 0 aliphatic heterocycles. The van der Waals surface area contributed by atoms with Gasteiger partial charge in [-0.1, -0.05) is 38.7 Å². The summed E-state index contributed by atoms with van der Waals surface area (Å²) in [5.41, 5.74) is 2.81. The van der Waals surface area contributed by atoms with Gasteiger partial charge in [0, 0.05) is 5.92 Å². The molecule has 0 N–H and O–H groups in total. The zero-order valence-electron chi connectivity index (χ0n) is 10.7. The fourth-order valence-corrected chi connectivity index (χ4v) is 3.60. The van der Waals surface area contributed by atoms with Crippen LogP contribution < -0.4 is 0 Å². The average molecular weight is 220 g/mol. The highest BCUT2D eigenvalue weighted by Gasteiger charge is 2.40. The molecular weight excluding hydrogens is 196 g/mol. The van der Waals surface area contributed by atoms with Crippen LogP contribution in [-0.4, -0.2) is 5.78 Å². The molecule has 1 saturated carbocycles. The number of rotatable bonds is 4. The number of ketones is 1. The van der Waals surface area contributed by atoms with Crippen LogP contribution in [0.4, 0.5) is 0 Å². The molecule has 0 radical (unpaired) electrons. The van der Waals surface area contributed by atoms with Gasteiger partial charge >= 0.3 is 0 Å². The lowest BCUT2D eigenvalue weighted by atomic mass is 9.79. The third-order valence-electron chi connectivity index (χ3n) is 4.27. The third-order valence-corrected chi connectivity index (χ3v) is 4.27. The van der Waals surface area contributed by atoms with Gasteiger partial charge < -0.3 is 0 Å². The summed E-state index contributed by atoms with van der Waals surface area (Å²) >= 11 is 0. The van der Waals surface area contributed by atoms with E-state index in [1.807, 2.05) is 0 Å². The van der Waals surface area contributed by atoms with E-state index in [0.717, 1.165) is 25.7 Å². The lowest BCUT2D eigenvalue weighted by Crippen LogP contribution is -2.19. The second-order valence-corrected chi connectivity index (χ2v) is 5.37. The maximum atomic E-state index is 12.4. The van der Waals surface area contributed by atoms with Crippen LogP contribution in [0.2, 0.25) is 0 Å². The molecule has 2 rings (SSSR count). The van der Waals surface area contributed by atoms with E-state index in [1.54, 1.807) is 5.57 Å². The Morgan fingerprint density at radius 1 is 1.19 bits per heavy atom. The summed E-state index contributed by atoms with van der Waals surface area (Å²) in [7, 11) is 0. The predicted molar refractivity (Wildman–Crippen MR) is 67.3 cm³/mol. The summed E-state index contributed by atoms with van der Waals surface area (Å²) in [6, 6.07) is 0. The Morgan fingerprint density at radius 2 is 2.00 bits per heavy atom. The van der Waals surface area contributed by atoms with Gasteiger partial charge in [-0.15, -0.1) is 0 Å². The molecule has 1 nitrogen and oxygen atoms in total. The number of Topliss-reactive ketones (excluding diaryl/α,β-unsaturated/α-hetero) is 1. The van der Waals surface area contributed by atoms with Gasteiger partial charge in [0.15, 0.2) is 5.78 Å². The fourth-order valence-electron chi connectivity index (χ4n) is 3.60. The highest BCUT2D eigenvalue weighted by atomic mass is 16.1. The summed E-state index contributed by atoms with van der Waals surface area (Å²) in [5, 5.41) is 0. The molecule has 1 heteroatoms. The highest BCUT2D eigenvalue weighted by molar-refractivity contribution is 6.01. The van der Waals surface area contributed by atoms with Gasteiger partial charge in [-0.2, -0.15) is 0 Å². The van der Waals surface area contributed by atoms with Crippen molar-refractivity contribution in [2.75, 3.05) is 0 Å². The van der Waals surface area contributed by atoms with Crippen molar-refractivity contribution in [3.63, 3.8) is 0 Å². The molecule has 2 unspecified atom stereocenters. The van der Waals surface area contributed by atoms with Crippen molar-refractivity contribution in [3.8, 4) is 0 Å². The van der Waals surface area contributed by atoms with Gasteiger partial charge in [-0.25, -0.2) is 0 Å². The minimum absolute atomic E-state index is 0.363. The molecule has 0 spiro atoms. The molecule has 2 aliphatic rings. The van der Waals surface area contributed by atoms with Crippen LogP contribution >= 0.6 is 0 Å². The highest BCUT2D eigenvalue weighted by Crippen LogP contribution is 2.46. The predicted octanol–water partition coefficient (Wildman–Crippen LogP) is 4.27. The van der Waals surface area contributed by atoms with E-state index in [4.69, 9.17) is 0 Å². The van der Waals surface area contributed by atoms with E-state index < -0.39 is 0 Å². The summed E-state index contributed by atoms with van der Waals surface area (Å²) in [6.07, 6.45) is 9.55. The van der Waals surface area contributed by atoms with Crippen molar-refractivity contribution in [2.45, 2.75) is 65.2 Å². The molecule has 16 heavy (non-hydrogen) atoms. The minimum Gasteiger partial charge on any atom is -0.294 e. The normalized spacial score (nSPS) is 29.8. The first kappa shape index (κ1) is 11.9. The molecule has 0 bridgehead atoms. The lowest BCUT2D eigenvalue weighted by Gasteiger charge is -2.25. The van der Waals surface area contributed by atoms with E-state index in [0.29, 0.717) is 17.6 Å². The molecule has 0 saturated heterocycles. The van der Waals surface area contributed by atoms with Gasteiger partial charge in [0.25, 0.3) is 0 Å². The fraction of sp³-hybridized carbons (Fsp3) is 0.800. The van der Waals surface area contributed by atoms with Gasteiger partial charge in [0.05, 0.1) is 0 Å². The molecule has 0 amide bonds. The second kappa shape index (κ2) is 5.16. The second-order valence-electron chi connectivity index (χ2n) is 5.37. The van der Waals surface area contributed by atoms with Crippen molar-refractivity contribution in [1.82, 2.24) is 0 Å². The number of fused-ring (bicyclic) bond motifs is 1. The Bertz CT molecular complexity index is 301. The Labute approximate surface area is 99.3 Å². The first-order valence-corrected chi connectivity index (χ1v) is 7.05. The van der Waals surface area contributed by atoms with E-state index in [-0.39, 0.29) is 0 Å². The number of hydrogen-bond donors (Lipinski definition) is 0. The van der Waals surface area contributed by atoms with Crippen LogP contribution in [-0.2, 0) is 4.79 Å². The first-order chi connectivity index (χ1) is 7.79. The largest absolute Gasteiger partial charge is 0.294 e. The van der Waals surface area contributed by atoms with E-state index in [1.165, 1.54) is 31.3 Å². The molecule has 0 aromatic heterocycles. The van der Waals surface area contributed by atoms with Crippen molar-refractivity contribution in [1.29, 1.82) is 0 Å². The quantitative estimate of drug-likeness (QED) is 0.691. The van der Waals surface area contributed by atoms with Gasteiger partial charge in [-0.3, -0.25) is 4.79 Å². The smallest absolute Gasteiger partial charge is 0.162 e. The number of allylic oxidation sites excluding steroid dienone is 2. The van der Waals surface area contributed by atoms with Crippen molar-refractivity contribution >= 4 is 5.78 Å². The van der Waals surface area contributed by atoms with E-state index in [9.17, 15) is 4.79 Å². The zero-order valence-corrected chi connectivity index (χ0v) is 10.7. The Kier molecular flexibility index (Phi) is 3.83. The Balaban J connectivity index is 2.22. The topological polar surface area (TPSA) is 17.1 Å². The molecule has 2 atom stereocenters. The first-order valence-electron chi connectivity index (χ1n) is 7.05. The Hall–Kier alpha value is -0.590. The van der Waals surface area contributed by atoms with Crippen LogP contribution in [0.5, 0.6) is 0 Å². The molecular formula is C15H24O. The maximum absolute atomic E-state index is 12.4. The van der Waals surface area contributed by atoms with Crippen molar-refractivity contribution in [3.05, 3.63) is 11.1 Å². The molecule has 0 aromatic rings. The summed E-state index contributed by atoms with van der Waals surface area (Å²) in [6.45, 7) is 4.39. The van der Waals surface area contributed by atoms with Crippen LogP contribution in [0, 0.1) is 11.8 Å². The monoisotopic (exact) mass is 220 g/mol. The minimum atomic E-state index is 0.363. The number of carbonyl (C=O) groups excluding carboxylic acids is 1. The van der Waals surface area contributed by atoms with Crippen LogP contribution in [0.1, 0.15) is 65.2 Å². The summed E-state index contributed by atoms with van der Waals surface area (Å²) in [5.74, 6) is 1.52. The van der Waals surface area contributed by atoms with E-state index in [2.05, 4.69) is 13.8 Å². The Morgan fingerprint density at radius 3 is 2.69 bits per heavy atom. The van der Waals surface area contributed by atoms with Crippen LogP contribution in [0.3, 0.4) is 0 Å². The molecule has 90 valence electrons. The molecule has 1 fully saturated rings. The van der Waals surface area contributed by atoms with Gasteiger partial charge in [-0.05, 0) is 43.6 Å².